The fourth-order valence-corrected chi connectivity index (χ4v) is 2.18. The van der Waals surface area contributed by atoms with E-state index in [-0.39, 0.29) is 29.9 Å². The van der Waals surface area contributed by atoms with E-state index in [1.54, 1.807) is 6.07 Å². The highest BCUT2D eigenvalue weighted by atomic mass is 127. The summed E-state index contributed by atoms with van der Waals surface area (Å²) in [6.07, 6.45) is 3.21. The lowest BCUT2D eigenvalue weighted by Gasteiger charge is -2.07. The molecule has 4 N–H and O–H groups in total. The van der Waals surface area contributed by atoms with Crippen molar-refractivity contribution in [2.24, 2.45) is 10.7 Å². The van der Waals surface area contributed by atoms with Crippen LogP contribution in [0.5, 0.6) is 0 Å². The minimum absolute atomic E-state index is 0. The van der Waals surface area contributed by atoms with E-state index in [0.717, 1.165) is 17.7 Å². The summed E-state index contributed by atoms with van der Waals surface area (Å²) in [7, 11) is 0. The van der Waals surface area contributed by atoms with Crippen LogP contribution in [0.25, 0.3) is 0 Å². The maximum absolute atomic E-state index is 11.8. The van der Waals surface area contributed by atoms with Crippen LogP contribution < -0.4 is 16.4 Å². The second kappa shape index (κ2) is 10.8. The Hall–Kier alpha value is -2.03. The molecule has 1 amide bonds. The standard InChI is InChI=1S/C18H24N4O2.HI/c1-3-14-5-7-15(8-6-14)22-18(19)21-11-4-10-20-17(23)16-13(2)9-12-24-16;/h5-9,12H,3-4,10-11H2,1-2H3,(H,20,23)(H3,19,21,22);1H. The Labute approximate surface area is 165 Å². The first-order valence-electron chi connectivity index (χ1n) is 8.08. The van der Waals surface area contributed by atoms with Crippen LogP contribution in [-0.4, -0.2) is 25.0 Å². The molecule has 1 aromatic carbocycles. The summed E-state index contributed by atoms with van der Waals surface area (Å²) in [5.41, 5.74) is 8.87. The monoisotopic (exact) mass is 456 g/mol. The van der Waals surface area contributed by atoms with Crippen LogP contribution in [0.3, 0.4) is 0 Å². The number of nitrogens with one attached hydrogen (secondary N) is 2. The molecule has 7 heteroatoms. The van der Waals surface area contributed by atoms with E-state index in [0.29, 0.717) is 31.2 Å². The summed E-state index contributed by atoms with van der Waals surface area (Å²) >= 11 is 0. The normalized spacial score (nSPS) is 10.9. The number of amides is 1. The SMILES string of the molecule is CCc1ccc(NC(N)=NCCCNC(=O)c2occc2C)cc1.I. The lowest BCUT2D eigenvalue weighted by atomic mass is 10.1. The zero-order valence-electron chi connectivity index (χ0n) is 14.5. The molecule has 0 saturated carbocycles. The van der Waals surface area contributed by atoms with Crippen molar-refractivity contribution in [3.63, 3.8) is 0 Å². The fourth-order valence-electron chi connectivity index (χ4n) is 2.18. The van der Waals surface area contributed by atoms with Crippen LogP contribution >= 0.6 is 24.0 Å². The minimum atomic E-state index is -0.205. The number of furan rings is 1. The molecule has 0 aliphatic heterocycles. The van der Waals surface area contributed by atoms with Crippen molar-refractivity contribution in [2.45, 2.75) is 26.7 Å². The number of benzene rings is 1. The summed E-state index contributed by atoms with van der Waals surface area (Å²) in [5, 5.41) is 5.85. The fraction of sp³-hybridized carbons (Fsp3) is 0.333. The van der Waals surface area contributed by atoms with Gasteiger partial charge in [-0.2, -0.15) is 0 Å². The number of hydrogen-bond donors (Lipinski definition) is 3. The number of anilines is 1. The smallest absolute Gasteiger partial charge is 0.287 e. The van der Waals surface area contributed by atoms with E-state index in [9.17, 15) is 4.79 Å². The predicted molar refractivity (Wildman–Crippen MR) is 112 cm³/mol. The van der Waals surface area contributed by atoms with E-state index >= 15 is 0 Å². The number of aryl methyl sites for hydroxylation is 2. The van der Waals surface area contributed by atoms with E-state index < -0.39 is 0 Å². The maximum Gasteiger partial charge on any atom is 0.287 e. The van der Waals surface area contributed by atoms with Gasteiger partial charge in [-0.05, 0) is 43.5 Å². The maximum atomic E-state index is 11.8. The van der Waals surface area contributed by atoms with Gasteiger partial charge in [-0.25, -0.2) is 0 Å². The lowest BCUT2D eigenvalue weighted by molar-refractivity contribution is 0.0925. The minimum Gasteiger partial charge on any atom is -0.459 e. The Balaban J connectivity index is 0.00000312. The molecule has 0 radical (unpaired) electrons. The molecule has 25 heavy (non-hydrogen) atoms. The van der Waals surface area contributed by atoms with Crippen LogP contribution in [-0.2, 0) is 6.42 Å². The second-order valence-corrected chi connectivity index (χ2v) is 5.48. The molecule has 0 fully saturated rings. The van der Waals surface area contributed by atoms with Gasteiger partial charge in [-0.15, -0.1) is 24.0 Å². The van der Waals surface area contributed by atoms with Gasteiger partial charge in [0, 0.05) is 24.3 Å². The van der Waals surface area contributed by atoms with Crippen molar-refractivity contribution in [1.29, 1.82) is 0 Å². The molecule has 2 aromatic rings. The van der Waals surface area contributed by atoms with Gasteiger partial charge in [-0.1, -0.05) is 19.1 Å². The highest BCUT2D eigenvalue weighted by Gasteiger charge is 2.11. The molecule has 0 aliphatic rings. The molecule has 6 nitrogen and oxygen atoms in total. The van der Waals surface area contributed by atoms with Crippen LogP contribution in [0.1, 0.15) is 35.0 Å². The van der Waals surface area contributed by atoms with Gasteiger partial charge < -0.3 is 20.8 Å². The Morgan fingerprint density at radius 2 is 1.96 bits per heavy atom. The van der Waals surface area contributed by atoms with Gasteiger partial charge in [0.05, 0.1) is 6.26 Å². The van der Waals surface area contributed by atoms with E-state index in [1.807, 2.05) is 19.1 Å². The van der Waals surface area contributed by atoms with Gasteiger partial charge in [0.2, 0.25) is 0 Å². The number of nitrogens with two attached hydrogens (primary N) is 1. The first-order chi connectivity index (χ1) is 11.6. The average Bonchev–Trinajstić information content (AvgIpc) is 3.01. The van der Waals surface area contributed by atoms with Crippen LogP contribution in [0.2, 0.25) is 0 Å². The largest absolute Gasteiger partial charge is 0.459 e. The van der Waals surface area contributed by atoms with Crippen molar-refractivity contribution < 1.29 is 9.21 Å². The molecule has 1 aromatic heterocycles. The predicted octanol–water partition coefficient (Wildman–Crippen LogP) is 3.32. The van der Waals surface area contributed by atoms with Crippen LogP contribution in [0.15, 0.2) is 46.0 Å². The Bertz CT molecular complexity index is 695. The van der Waals surface area contributed by atoms with Crippen molar-refractivity contribution >= 4 is 41.5 Å². The third kappa shape index (κ3) is 6.77. The number of nitrogens with zero attached hydrogens (tertiary/aromatic N) is 1. The van der Waals surface area contributed by atoms with Crippen LogP contribution in [0, 0.1) is 6.92 Å². The number of guanidine groups is 1. The van der Waals surface area contributed by atoms with Crippen LogP contribution in [0.4, 0.5) is 5.69 Å². The second-order valence-electron chi connectivity index (χ2n) is 5.48. The van der Waals surface area contributed by atoms with Gasteiger partial charge >= 0.3 is 0 Å². The third-order valence-electron chi connectivity index (χ3n) is 3.61. The van der Waals surface area contributed by atoms with E-state index in [2.05, 4.69) is 34.7 Å². The number of hydrogen-bond acceptors (Lipinski definition) is 3. The number of halogens is 1. The quantitative estimate of drug-likeness (QED) is 0.258. The molecule has 0 unspecified atom stereocenters. The molecule has 0 atom stereocenters. The molecular weight excluding hydrogens is 431 g/mol. The third-order valence-corrected chi connectivity index (χ3v) is 3.61. The Morgan fingerprint density at radius 1 is 1.24 bits per heavy atom. The van der Waals surface area contributed by atoms with Crippen molar-refractivity contribution in [2.75, 3.05) is 18.4 Å². The lowest BCUT2D eigenvalue weighted by Crippen LogP contribution is -2.26. The summed E-state index contributed by atoms with van der Waals surface area (Å²) in [6, 6.07) is 9.84. The van der Waals surface area contributed by atoms with Crippen molar-refractivity contribution in [3.8, 4) is 0 Å². The first kappa shape index (κ1) is 21.0. The number of rotatable bonds is 7. The van der Waals surface area contributed by atoms with Crippen molar-refractivity contribution in [1.82, 2.24) is 5.32 Å². The van der Waals surface area contributed by atoms with Gasteiger partial charge in [-0.3, -0.25) is 9.79 Å². The number of aliphatic imine (C=N–C) groups is 1. The summed E-state index contributed by atoms with van der Waals surface area (Å²) < 4.78 is 5.13. The Morgan fingerprint density at radius 3 is 2.56 bits per heavy atom. The average molecular weight is 456 g/mol. The van der Waals surface area contributed by atoms with E-state index in [1.165, 1.54) is 11.8 Å². The van der Waals surface area contributed by atoms with Gasteiger partial charge in [0.25, 0.3) is 5.91 Å². The molecule has 0 spiro atoms. The summed E-state index contributed by atoms with van der Waals surface area (Å²) in [5.74, 6) is 0.520. The molecule has 0 aliphatic carbocycles. The molecule has 1 heterocycles. The molecular formula is C18H25IN4O2. The van der Waals surface area contributed by atoms with Gasteiger partial charge in [0.1, 0.15) is 0 Å². The summed E-state index contributed by atoms with van der Waals surface area (Å²) in [6.45, 7) is 5.00. The number of carbonyl (C=O) groups excluding carboxylic acids is 1. The zero-order chi connectivity index (χ0) is 17.4. The van der Waals surface area contributed by atoms with Crippen molar-refractivity contribution in [3.05, 3.63) is 53.5 Å². The highest BCUT2D eigenvalue weighted by molar-refractivity contribution is 14.0. The van der Waals surface area contributed by atoms with Gasteiger partial charge in [0.15, 0.2) is 11.7 Å². The molecule has 0 saturated heterocycles. The summed E-state index contributed by atoms with van der Waals surface area (Å²) in [4.78, 5) is 16.1. The molecule has 0 bridgehead atoms. The first-order valence-corrected chi connectivity index (χ1v) is 8.08. The Kier molecular flexibility index (Phi) is 9.04. The topological polar surface area (TPSA) is 92.6 Å². The highest BCUT2D eigenvalue weighted by Crippen LogP contribution is 2.09. The zero-order valence-corrected chi connectivity index (χ0v) is 16.9. The van der Waals surface area contributed by atoms with E-state index in [4.69, 9.17) is 10.2 Å². The molecule has 2 rings (SSSR count). The number of carbonyl (C=O) groups is 1. The molecule has 136 valence electrons.